The fourth-order valence-corrected chi connectivity index (χ4v) is 2.23. The quantitative estimate of drug-likeness (QED) is 0.801. The minimum atomic E-state index is 0.155. The average molecular weight is 313 g/mol. The Morgan fingerprint density at radius 3 is 2.18 bits per heavy atom. The zero-order valence-corrected chi connectivity index (χ0v) is 12.6. The van der Waals surface area contributed by atoms with Crippen molar-refractivity contribution in [2.24, 2.45) is 0 Å². The van der Waals surface area contributed by atoms with Gasteiger partial charge in [-0.15, -0.1) is 0 Å². The normalized spacial score (nSPS) is 10.5. The summed E-state index contributed by atoms with van der Waals surface area (Å²) in [5.74, 6) is 1.85. The first-order valence-corrected chi connectivity index (χ1v) is 6.95. The minimum absolute atomic E-state index is 0.155. The number of nitrogen functional groups attached to an aromatic ring is 1. The number of methoxy groups -OCH3 is 1. The number of anilines is 1. The van der Waals surface area contributed by atoms with Crippen LogP contribution in [-0.4, -0.2) is 22.1 Å². The van der Waals surface area contributed by atoms with Crippen LogP contribution in [0.15, 0.2) is 48.5 Å². The fraction of sp³-hybridized carbons (Fsp3) is 0.0625. The highest BCUT2D eigenvalue weighted by atomic mass is 35.5. The van der Waals surface area contributed by atoms with E-state index < -0.39 is 0 Å². The van der Waals surface area contributed by atoms with Gasteiger partial charge in [0.2, 0.25) is 5.95 Å². The number of aromatic nitrogens is 3. The Labute approximate surface area is 132 Å². The summed E-state index contributed by atoms with van der Waals surface area (Å²) in [5.41, 5.74) is 7.40. The van der Waals surface area contributed by atoms with Crippen LogP contribution >= 0.6 is 11.6 Å². The van der Waals surface area contributed by atoms with Crippen molar-refractivity contribution in [1.82, 2.24) is 15.0 Å². The molecular weight excluding hydrogens is 300 g/mol. The molecule has 0 aliphatic carbocycles. The van der Waals surface area contributed by atoms with Crippen LogP contribution in [0.2, 0.25) is 5.02 Å². The molecule has 0 atom stereocenters. The predicted molar refractivity (Wildman–Crippen MR) is 86.7 cm³/mol. The van der Waals surface area contributed by atoms with Crippen LogP contribution in [-0.2, 0) is 0 Å². The van der Waals surface area contributed by atoms with E-state index in [-0.39, 0.29) is 5.95 Å². The van der Waals surface area contributed by atoms with E-state index in [9.17, 15) is 0 Å². The van der Waals surface area contributed by atoms with Crippen molar-refractivity contribution in [3.63, 3.8) is 0 Å². The molecule has 1 aromatic heterocycles. The van der Waals surface area contributed by atoms with Crippen LogP contribution in [0.5, 0.6) is 5.75 Å². The summed E-state index contributed by atoms with van der Waals surface area (Å²) < 4.78 is 5.22. The highest BCUT2D eigenvalue weighted by molar-refractivity contribution is 6.30. The Morgan fingerprint density at radius 1 is 0.909 bits per heavy atom. The smallest absolute Gasteiger partial charge is 0.224 e. The monoisotopic (exact) mass is 312 g/mol. The molecule has 2 N–H and O–H groups in total. The first-order valence-electron chi connectivity index (χ1n) is 6.57. The summed E-state index contributed by atoms with van der Waals surface area (Å²) in [6, 6.07) is 14.7. The number of ether oxygens (including phenoxy) is 1. The minimum Gasteiger partial charge on any atom is -0.497 e. The standard InChI is InChI=1S/C16H13ClN4O/c1-22-13-7-3-5-11(9-13)15-19-14(20-16(18)21-15)10-4-2-6-12(17)8-10/h2-9H,1H3,(H2,18,19,20,21). The highest BCUT2D eigenvalue weighted by Gasteiger charge is 2.10. The maximum Gasteiger partial charge on any atom is 0.224 e. The lowest BCUT2D eigenvalue weighted by molar-refractivity contribution is 0.415. The van der Waals surface area contributed by atoms with Gasteiger partial charge >= 0.3 is 0 Å². The Kier molecular flexibility index (Phi) is 3.89. The molecule has 0 saturated carbocycles. The van der Waals surface area contributed by atoms with Gasteiger partial charge in [0, 0.05) is 16.1 Å². The summed E-state index contributed by atoms with van der Waals surface area (Å²) in [7, 11) is 1.61. The Bertz CT molecular complexity index is 823. The van der Waals surface area contributed by atoms with Crippen molar-refractivity contribution in [3.05, 3.63) is 53.6 Å². The Hall–Kier alpha value is -2.66. The van der Waals surface area contributed by atoms with E-state index in [1.165, 1.54) is 0 Å². The molecule has 0 unspecified atom stereocenters. The van der Waals surface area contributed by atoms with Gasteiger partial charge in [-0.3, -0.25) is 0 Å². The van der Waals surface area contributed by atoms with Crippen LogP contribution in [0.1, 0.15) is 0 Å². The lowest BCUT2D eigenvalue weighted by Crippen LogP contribution is -2.02. The molecule has 3 aromatic rings. The molecule has 22 heavy (non-hydrogen) atoms. The van der Waals surface area contributed by atoms with Gasteiger partial charge in [-0.25, -0.2) is 4.98 Å². The number of hydrogen-bond donors (Lipinski definition) is 1. The summed E-state index contributed by atoms with van der Waals surface area (Å²) >= 11 is 6.01. The average Bonchev–Trinajstić information content (AvgIpc) is 2.54. The Balaban J connectivity index is 2.10. The van der Waals surface area contributed by atoms with Crippen LogP contribution in [0.4, 0.5) is 5.95 Å². The van der Waals surface area contributed by atoms with Gasteiger partial charge in [0.05, 0.1) is 7.11 Å². The largest absolute Gasteiger partial charge is 0.497 e. The van der Waals surface area contributed by atoms with Crippen LogP contribution < -0.4 is 10.5 Å². The van der Waals surface area contributed by atoms with Crippen molar-refractivity contribution >= 4 is 17.5 Å². The van der Waals surface area contributed by atoms with Crippen molar-refractivity contribution < 1.29 is 4.74 Å². The molecule has 2 aromatic carbocycles. The van der Waals surface area contributed by atoms with Crippen LogP contribution in [0, 0.1) is 0 Å². The molecule has 3 rings (SSSR count). The van der Waals surface area contributed by atoms with Crippen molar-refractivity contribution in [2.75, 3.05) is 12.8 Å². The third kappa shape index (κ3) is 2.99. The van der Waals surface area contributed by atoms with Crippen LogP contribution in [0.3, 0.4) is 0 Å². The zero-order valence-electron chi connectivity index (χ0n) is 11.8. The van der Waals surface area contributed by atoms with Crippen molar-refractivity contribution in [2.45, 2.75) is 0 Å². The van der Waals surface area contributed by atoms with E-state index in [1.807, 2.05) is 36.4 Å². The van der Waals surface area contributed by atoms with Gasteiger partial charge in [0.15, 0.2) is 11.6 Å². The molecule has 0 radical (unpaired) electrons. The number of hydrogen-bond acceptors (Lipinski definition) is 5. The lowest BCUT2D eigenvalue weighted by atomic mass is 10.2. The number of nitrogens with zero attached hydrogens (tertiary/aromatic N) is 3. The van der Waals surface area contributed by atoms with Gasteiger partial charge in [-0.1, -0.05) is 35.9 Å². The molecule has 0 fully saturated rings. The fourth-order valence-electron chi connectivity index (χ4n) is 2.04. The van der Waals surface area contributed by atoms with E-state index in [4.69, 9.17) is 22.1 Å². The molecule has 0 aliphatic heterocycles. The number of rotatable bonds is 3. The topological polar surface area (TPSA) is 73.9 Å². The molecule has 0 spiro atoms. The molecule has 0 amide bonds. The number of halogens is 1. The summed E-state index contributed by atoms with van der Waals surface area (Å²) in [6.45, 7) is 0. The molecule has 0 saturated heterocycles. The van der Waals surface area contributed by atoms with E-state index in [2.05, 4.69) is 15.0 Å². The van der Waals surface area contributed by atoms with E-state index >= 15 is 0 Å². The van der Waals surface area contributed by atoms with Crippen molar-refractivity contribution in [1.29, 1.82) is 0 Å². The summed E-state index contributed by atoms with van der Waals surface area (Å²) in [5, 5.41) is 0.611. The van der Waals surface area contributed by atoms with E-state index in [1.54, 1.807) is 19.2 Å². The third-order valence-corrected chi connectivity index (χ3v) is 3.30. The maximum absolute atomic E-state index is 6.01. The van der Waals surface area contributed by atoms with Gasteiger partial charge in [0.1, 0.15) is 5.75 Å². The Morgan fingerprint density at radius 2 is 1.55 bits per heavy atom. The lowest BCUT2D eigenvalue weighted by Gasteiger charge is -2.07. The molecular formula is C16H13ClN4O. The van der Waals surface area contributed by atoms with Crippen molar-refractivity contribution in [3.8, 4) is 28.5 Å². The van der Waals surface area contributed by atoms with E-state index in [0.29, 0.717) is 16.7 Å². The number of nitrogens with two attached hydrogens (primary N) is 1. The molecule has 0 bridgehead atoms. The summed E-state index contributed by atoms with van der Waals surface area (Å²) in [4.78, 5) is 12.8. The van der Waals surface area contributed by atoms with Crippen LogP contribution in [0.25, 0.3) is 22.8 Å². The number of benzene rings is 2. The molecule has 6 heteroatoms. The van der Waals surface area contributed by atoms with Gasteiger partial charge in [0.25, 0.3) is 0 Å². The molecule has 5 nitrogen and oxygen atoms in total. The maximum atomic E-state index is 6.01. The van der Waals surface area contributed by atoms with Gasteiger partial charge in [-0.2, -0.15) is 9.97 Å². The second kappa shape index (κ2) is 5.99. The second-order valence-electron chi connectivity index (χ2n) is 4.58. The van der Waals surface area contributed by atoms with Gasteiger partial charge < -0.3 is 10.5 Å². The second-order valence-corrected chi connectivity index (χ2v) is 5.02. The van der Waals surface area contributed by atoms with E-state index in [0.717, 1.165) is 16.9 Å². The van der Waals surface area contributed by atoms with Gasteiger partial charge in [-0.05, 0) is 24.3 Å². The SMILES string of the molecule is COc1cccc(-c2nc(N)nc(-c3cccc(Cl)c3)n2)c1. The molecule has 0 aliphatic rings. The first kappa shape index (κ1) is 14.3. The zero-order chi connectivity index (χ0) is 15.5. The predicted octanol–water partition coefficient (Wildman–Crippen LogP) is 3.45. The first-order chi connectivity index (χ1) is 10.7. The molecule has 110 valence electrons. The third-order valence-electron chi connectivity index (χ3n) is 3.06. The highest BCUT2D eigenvalue weighted by Crippen LogP contribution is 2.25. The molecule has 1 heterocycles. The summed E-state index contributed by atoms with van der Waals surface area (Å²) in [6.07, 6.45) is 0.